The molecule has 0 saturated carbocycles. The van der Waals surface area contributed by atoms with E-state index in [2.05, 4.69) is 5.32 Å². The number of hydrogen-bond acceptors (Lipinski definition) is 1. The zero-order valence-electron chi connectivity index (χ0n) is 10.7. The fourth-order valence-corrected chi connectivity index (χ4v) is 2.71. The van der Waals surface area contributed by atoms with Gasteiger partial charge >= 0.3 is 0 Å². The van der Waals surface area contributed by atoms with Gasteiger partial charge in [0.1, 0.15) is 0 Å². The van der Waals surface area contributed by atoms with Crippen LogP contribution in [0.3, 0.4) is 0 Å². The Balaban J connectivity index is 2.31. The predicted octanol–water partition coefficient (Wildman–Crippen LogP) is 6.13. The molecule has 2 rings (SSSR count). The van der Waals surface area contributed by atoms with E-state index in [0.29, 0.717) is 15.1 Å². The summed E-state index contributed by atoms with van der Waals surface area (Å²) in [6, 6.07) is 11.5. The molecule has 19 heavy (non-hydrogen) atoms. The van der Waals surface area contributed by atoms with E-state index in [-0.39, 0.29) is 6.04 Å². The Labute approximate surface area is 128 Å². The zero-order chi connectivity index (χ0) is 14.0. The number of hydrogen-bond donors (Lipinski definition) is 1. The third-order valence-electron chi connectivity index (χ3n) is 3.03. The average Bonchev–Trinajstić information content (AvgIpc) is 2.37. The number of rotatable bonds is 3. The number of aryl methyl sites for hydroxylation is 1. The summed E-state index contributed by atoms with van der Waals surface area (Å²) in [5.74, 6) is 0. The third kappa shape index (κ3) is 3.17. The molecule has 100 valence electrons. The van der Waals surface area contributed by atoms with Crippen molar-refractivity contribution >= 4 is 40.5 Å². The highest BCUT2D eigenvalue weighted by Gasteiger charge is 2.13. The molecule has 0 fully saturated rings. The molecule has 0 radical (unpaired) electrons. The van der Waals surface area contributed by atoms with Gasteiger partial charge in [0.15, 0.2) is 0 Å². The molecule has 1 atom stereocenters. The monoisotopic (exact) mass is 313 g/mol. The number of halogens is 3. The van der Waals surface area contributed by atoms with Crippen molar-refractivity contribution in [2.24, 2.45) is 0 Å². The Kier molecular flexibility index (Phi) is 4.62. The van der Waals surface area contributed by atoms with Gasteiger partial charge in [0.2, 0.25) is 0 Å². The lowest BCUT2D eigenvalue weighted by Crippen LogP contribution is -2.08. The first-order valence-corrected chi connectivity index (χ1v) is 7.09. The van der Waals surface area contributed by atoms with E-state index in [1.807, 2.05) is 44.2 Å². The second-order valence-electron chi connectivity index (χ2n) is 4.44. The largest absolute Gasteiger partial charge is 0.377 e. The summed E-state index contributed by atoms with van der Waals surface area (Å²) < 4.78 is 0. The van der Waals surface area contributed by atoms with Crippen LogP contribution in [0.15, 0.2) is 36.4 Å². The Hall–Kier alpha value is -0.890. The minimum atomic E-state index is 0.0183. The molecule has 4 heteroatoms. The first-order valence-electron chi connectivity index (χ1n) is 5.96. The van der Waals surface area contributed by atoms with Crippen LogP contribution in [0.1, 0.15) is 24.1 Å². The third-order valence-corrected chi connectivity index (χ3v) is 4.18. The van der Waals surface area contributed by atoms with Crippen LogP contribution in [0.2, 0.25) is 15.1 Å². The standard InChI is InChI=1S/C15H14Cl3N/c1-9-5-3-8-13(17)15(9)19-10(2)11-6-4-7-12(16)14(11)18/h3-8,10,19H,1-2H3. The maximum Gasteiger partial charge on any atom is 0.0644 e. The van der Waals surface area contributed by atoms with Gasteiger partial charge in [-0.25, -0.2) is 0 Å². The van der Waals surface area contributed by atoms with Gasteiger partial charge < -0.3 is 5.32 Å². The summed E-state index contributed by atoms with van der Waals surface area (Å²) in [5.41, 5.74) is 2.97. The van der Waals surface area contributed by atoms with Gasteiger partial charge in [0.25, 0.3) is 0 Å². The molecular weight excluding hydrogens is 301 g/mol. The number of nitrogens with one attached hydrogen (secondary N) is 1. The number of anilines is 1. The van der Waals surface area contributed by atoms with Gasteiger partial charge in [-0.05, 0) is 37.1 Å². The van der Waals surface area contributed by atoms with Crippen LogP contribution < -0.4 is 5.32 Å². The first kappa shape index (κ1) is 14.5. The van der Waals surface area contributed by atoms with Crippen LogP contribution in [-0.2, 0) is 0 Å². The average molecular weight is 315 g/mol. The Morgan fingerprint density at radius 1 is 0.947 bits per heavy atom. The summed E-state index contributed by atoms with van der Waals surface area (Å²) >= 11 is 18.5. The number of benzene rings is 2. The molecule has 0 aliphatic rings. The molecule has 0 aliphatic heterocycles. The fraction of sp³-hybridized carbons (Fsp3) is 0.200. The molecule has 1 nitrogen and oxygen atoms in total. The molecule has 0 aromatic heterocycles. The topological polar surface area (TPSA) is 12.0 Å². The molecule has 2 aromatic rings. The summed E-state index contributed by atoms with van der Waals surface area (Å²) in [5, 5.41) is 5.22. The smallest absolute Gasteiger partial charge is 0.0644 e. The summed E-state index contributed by atoms with van der Waals surface area (Å²) in [7, 11) is 0. The van der Waals surface area contributed by atoms with E-state index < -0.39 is 0 Å². The highest BCUT2D eigenvalue weighted by Crippen LogP contribution is 2.34. The van der Waals surface area contributed by atoms with Gasteiger partial charge in [-0.1, -0.05) is 59.1 Å². The molecule has 0 saturated heterocycles. The number of para-hydroxylation sites is 1. The molecular formula is C15H14Cl3N. The minimum Gasteiger partial charge on any atom is -0.377 e. The molecule has 2 aromatic carbocycles. The molecule has 1 N–H and O–H groups in total. The van der Waals surface area contributed by atoms with Gasteiger partial charge in [0.05, 0.1) is 26.8 Å². The summed E-state index contributed by atoms with van der Waals surface area (Å²) in [6.45, 7) is 4.04. The second kappa shape index (κ2) is 6.04. The SMILES string of the molecule is Cc1cccc(Cl)c1NC(C)c1cccc(Cl)c1Cl. The van der Waals surface area contributed by atoms with Crippen LogP contribution in [0, 0.1) is 6.92 Å². The summed E-state index contributed by atoms with van der Waals surface area (Å²) in [6.07, 6.45) is 0. The van der Waals surface area contributed by atoms with Crippen molar-refractivity contribution in [3.05, 3.63) is 62.6 Å². The van der Waals surface area contributed by atoms with Crippen LogP contribution in [0.5, 0.6) is 0 Å². The van der Waals surface area contributed by atoms with E-state index in [0.717, 1.165) is 16.8 Å². The van der Waals surface area contributed by atoms with Gasteiger partial charge in [0, 0.05) is 0 Å². The van der Waals surface area contributed by atoms with Gasteiger partial charge in [-0.3, -0.25) is 0 Å². The highest BCUT2D eigenvalue weighted by molar-refractivity contribution is 6.42. The lowest BCUT2D eigenvalue weighted by molar-refractivity contribution is 0.883. The van der Waals surface area contributed by atoms with Crippen molar-refractivity contribution in [1.29, 1.82) is 0 Å². The normalized spacial score (nSPS) is 12.3. The van der Waals surface area contributed by atoms with Gasteiger partial charge in [-0.15, -0.1) is 0 Å². The predicted molar refractivity (Wildman–Crippen MR) is 84.7 cm³/mol. The lowest BCUT2D eigenvalue weighted by atomic mass is 10.1. The van der Waals surface area contributed by atoms with Crippen molar-refractivity contribution in [3.63, 3.8) is 0 Å². The maximum absolute atomic E-state index is 6.23. The minimum absolute atomic E-state index is 0.0183. The van der Waals surface area contributed by atoms with Crippen LogP contribution in [0.4, 0.5) is 5.69 Å². The van der Waals surface area contributed by atoms with Gasteiger partial charge in [-0.2, -0.15) is 0 Å². The molecule has 1 unspecified atom stereocenters. The molecule has 0 aliphatic carbocycles. The van der Waals surface area contributed by atoms with E-state index in [9.17, 15) is 0 Å². The zero-order valence-corrected chi connectivity index (χ0v) is 12.9. The molecule has 0 amide bonds. The molecule has 0 spiro atoms. The molecule has 0 heterocycles. The van der Waals surface area contributed by atoms with Crippen molar-refractivity contribution in [2.75, 3.05) is 5.32 Å². The second-order valence-corrected chi connectivity index (χ2v) is 5.63. The fourth-order valence-electron chi connectivity index (χ4n) is 1.96. The van der Waals surface area contributed by atoms with Crippen LogP contribution in [-0.4, -0.2) is 0 Å². The van der Waals surface area contributed by atoms with E-state index in [1.165, 1.54) is 0 Å². The Bertz CT molecular complexity index is 576. The van der Waals surface area contributed by atoms with E-state index in [1.54, 1.807) is 6.07 Å². The quantitative estimate of drug-likeness (QED) is 0.718. The molecule has 0 bridgehead atoms. The van der Waals surface area contributed by atoms with Crippen molar-refractivity contribution in [3.8, 4) is 0 Å². The lowest BCUT2D eigenvalue weighted by Gasteiger charge is -2.20. The highest BCUT2D eigenvalue weighted by atomic mass is 35.5. The maximum atomic E-state index is 6.23. The van der Waals surface area contributed by atoms with Crippen LogP contribution >= 0.6 is 34.8 Å². The van der Waals surface area contributed by atoms with E-state index >= 15 is 0 Å². The first-order chi connectivity index (χ1) is 9.00. The summed E-state index contributed by atoms with van der Waals surface area (Å²) in [4.78, 5) is 0. The van der Waals surface area contributed by atoms with E-state index in [4.69, 9.17) is 34.8 Å². The van der Waals surface area contributed by atoms with Crippen molar-refractivity contribution in [1.82, 2.24) is 0 Å². The van der Waals surface area contributed by atoms with Crippen molar-refractivity contribution in [2.45, 2.75) is 19.9 Å². The van der Waals surface area contributed by atoms with Crippen molar-refractivity contribution < 1.29 is 0 Å². The Morgan fingerprint density at radius 3 is 2.26 bits per heavy atom. The van der Waals surface area contributed by atoms with Crippen LogP contribution in [0.25, 0.3) is 0 Å². The Morgan fingerprint density at radius 2 is 1.58 bits per heavy atom.